The van der Waals surface area contributed by atoms with Crippen molar-refractivity contribution in [2.45, 2.75) is 32.6 Å². The standard InChI is InChI=1S/C23H29FN6O2/c1-3-4-11-32-23(31)30-9-7-17(8-10-30)15-29(2)22-13-21(26-16-27-22)28-20-6-5-18(14-25)12-19(20)24/h5-6,12-13,16-17H,3-4,7-11,15H2,1-2H3,(H,26,27,28). The average Bonchev–Trinajstić information content (AvgIpc) is 2.81. The summed E-state index contributed by atoms with van der Waals surface area (Å²) in [7, 11) is 1.96. The van der Waals surface area contributed by atoms with E-state index >= 15 is 0 Å². The van der Waals surface area contributed by atoms with Gasteiger partial charge in [-0.3, -0.25) is 0 Å². The van der Waals surface area contributed by atoms with Gasteiger partial charge in [-0.2, -0.15) is 5.26 Å². The summed E-state index contributed by atoms with van der Waals surface area (Å²) in [6.45, 7) is 4.72. The highest BCUT2D eigenvalue weighted by atomic mass is 19.1. The number of anilines is 3. The summed E-state index contributed by atoms with van der Waals surface area (Å²) in [5.41, 5.74) is 0.505. The predicted molar refractivity (Wildman–Crippen MR) is 120 cm³/mol. The molecule has 2 aromatic rings. The Morgan fingerprint density at radius 2 is 2.12 bits per heavy atom. The van der Waals surface area contributed by atoms with Crippen molar-refractivity contribution in [2.24, 2.45) is 5.92 Å². The van der Waals surface area contributed by atoms with Crippen LogP contribution < -0.4 is 10.2 Å². The lowest BCUT2D eigenvalue weighted by Gasteiger charge is -2.33. The number of hydrogen-bond donors (Lipinski definition) is 1. The predicted octanol–water partition coefficient (Wildman–Crippen LogP) is 4.32. The maximum atomic E-state index is 14.2. The third-order valence-corrected chi connectivity index (χ3v) is 5.53. The Hall–Kier alpha value is -3.41. The fourth-order valence-corrected chi connectivity index (χ4v) is 3.62. The van der Waals surface area contributed by atoms with E-state index in [9.17, 15) is 9.18 Å². The van der Waals surface area contributed by atoms with Crippen LogP contribution in [0.15, 0.2) is 30.6 Å². The summed E-state index contributed by atoms with van der Waals surface area (Å²) in [5.74, 6) is 1.10. The molecule has 0 aliphatic carbocycles. The molecule has 9 heteroatoms. The lowest BCUT2D eigenvalue weighted by Crippen LogP contribution is -2.41. The monoisotopic (exact) mass is 440 g/mol. The van der Waals surface area contributed by atoms with Gasteiger partial charge in [-0.15, -0.1) is 0 Å². The maximum absolute atomic E-state index is 14.2. The number of aromatic nitrogens is 2. The van der Waals surface area contributed by atoms with Crippen LogP contribution in [0, 0.1) is 23.1 Å². The number of rotatable bonds is 8. The van der Waals surface area contributed by atoms with Crippen molar-refractivity contribution in [3.05, 3.63) is 42.0 Å². The SMILES string of the molecule is CCCCOC(=O)N1CCC(CN(C)c2cc(Nc3ccc(C#N)cc3F)ncn2)CC1. The summed E-state index contributed by atoms with van der Waals surface area (Å²) in [6, 6.07) is 7.92. The molecule has 0 spiro atoms. The van der Waals surface area contributed by atoms with Crippen LogP contribution in [-0.2, 0) is 4.74 Å². The lowest BCUT2D eigenvalue weighted by atomic mass is 9.96. The molecule has 1 aliphatic heterocycles. The zero-order chi connectivity index (χ0) is 22.9. The Kier molecular flexibility index (Phi) is 8.20. The molecule has 0 unspecified atom stereocenters. The molecule has 3 rings (SSSR count). The van der Waals surface area contributed by atoms with Crippen LogP contribution in [0.25, 0.3) is 0 Å². The van der Waals surface area contributed by atoms with Gasteiger partial charge in [0.1, 0.15) is 23.8 Å². The molecule has 1 fully saturated rings. The van der Waals surface area contributed by atoms with Crippen LogP contribution in [0.3, 0.4) is 0 Å². The van der Waals surface area contributed by atoms with E-state index in [4.69, 9.17) is 10.00 Å². The van der Waals surface area contributed by atoms with E-state index in [2.05, 4.69) is 22.2 Å². The Balaban J connectivity index is 1.53. The van der Waals surface area contributed by atoms with Crippen molar-refractivity contribution in [2.75, 3.05) is 43.5 Å². The number of unbranched alkanes of at least 4 members (excludes halogenated alkanes) is 1. The number of halogens is 1. The van der Waals surface area contributed by atoms with E-state index in [1.807, 2.05) is 18.0 Å². The van der Waals surface area contributed by atoms with Crippen molar-refractivity contribution in [1.29, 1.82) is 5.26 Å². The van der Waals surface area contributed by atoms with Crippen LogP contribution in [0.2, 0.25) is 0 Å². The van der Waals surface area contributed by atoms with Crippen molar-refractivity contribution >= 4 is 23.4 Å². The van der Waals surface area contributed by atoms with Gasteiger partial charge in [0.2, 0.25) is 0 Å². The van der Waals surface area contributed by atoms with Crippen LogP contribution in [0.4, 0.5) is 26.5 Å². The number of piperidine rings is 1. The minimum Gasteiger partial charge on any atom is -0.449 e. The molecule has 1 aromatic carbocycles. The van der Waals surface area contributed by atoms with Gasteiger partial charge >= 0.3 is 6.09 Å². The molecule has 0 atom stereocenters. The molecule has 0 bridgehead atoms. The van der Waals surface area contributed by atoms with Gasteiger partial charge in [-0.25, -0.2) is 19.2 Å². The number of nitrogens with zero attached hydrogens (tertiary/aromatic N) is 5. The quantitative estimate of drug-likeness (QED) is 0.611. The highest BCUT2D eigenvalue weighted by Gasteiger charge is 2.24. The number of carbonyl (C=O) groups excluding carboxylic acids is 1. The highest BCUT2D eigenvalue weighted by molar-refractivity contribution is 5.67. The summed E-state index contributed by atoms with van der Waals surface area (Å²) in [6.07, 6.45) is 4.92. The number of amides is 1. The molecule has 2 heterocycles. The van der Waals surface area contributed by atoms with Crippen molar-refractivity contribution in [1.82, 2.24) is 14.9 Å². The molecule has 32 heavy (non-hydrogen) atoms. The summed E-state index contributed by atoms with van der Waals surface area (Å²) >= 11 is 0. The molecule has 0 radical (unpaired) electrons. The summed E-state index contributed by atoms with van der Waals surface area (Å²) < 4.78 is 19.5. The first-order valence-corrected chi connectivity index (χ1v) is 10.9. The van der Waals surface area contributed by atoms with Gasteiger partial charge in [0.15, 0.2) is 0 Å². The van der Waals surface area contributed by atoms with Crippen LogP contribution in [-0.4, -0.2) is 54.2 Å². The largest absolute Gasteiger partial charge is 0.449 e. The van der Waals surface area contributed by atoms with E-state index in [1.165, 1.54) is 18.5 Å². The third kappa shape index (κ3) is 6.30. The molecular formula is C23H29FN6O2. The Morgan fingerprint density at radius 1 is 1.34 bits per heavy atom. The molecule has 1 aliphatic rings. The van der Waals surface area contributed by atoms with Gasteiger partial charge in [-0.1, -0.05) is 13.3 Å². The molecule has 0 saturated carbocycles. The minimum absolute atomic E-state index is 0.216. The molecule has 8 nitrogen and oxygen atoms in total. The number of nitriles is 1. The van der Waals surface area contributed by atoms with E-state index in [-0.39, 0.29) is 17.3 Å². The van der Waals surface area contributed by atoms with Crippen molar-refractivity contribution in [3.8, 4) is 6.07 Å². The molecule has 1 saturated heterocycles. The summed E-state index contributed by atoms with van der Waals surface area (Å²) in [4.78, 5) is 24.4. The first-order valence-electron chi connectivity index (χ1n) is 10.9. The topological polar surface area (TPSA) is 94.4 Å². The third-order valence-electron chi connectivity index (χ3n) is 5.53. The van der Waals surface area contributed by atoms with Gasteiger partial charge in [-0.05, 0) is 43.4 Å². The molecule has 1 N–H and O–H groups in total. The van der Waals surface area contributed by atoms with Crippen LogP contribution >= 0.6 is 0 Å². The fraction of sp³-hybridized carbons (Fsp3) is 0.478. The fourth-order valence-electron chi connectivity index (χ4n) is 3.62. The number of likely N-dealkylation sites (tertiary alicyclic amines) is 1. The number of benzene rings is 1. The van der Waals surface area contributed by atoms with E-state index in [0.717, 1.165) is 38.0 Å². The Labute approximate surface area is 188 Å². The molecule has 1 aromatic heterocycles. The van der Waals surface area contributed by atoms with Crippen LogP contribution in [0.1, 0.15) is 38.2 Å². The van der Waals surface area contributed by atoms with Crippen molar-refractivity contribution in [3.63, 3.8) is 0 Å². The summed E-state index contributed by atoms with van der Waals surface area (Å²) in [5, 5.41) is 11.8. The molecule has 170 valence electrons. The average molecular weight is 441 g/mol. The normalized spacial score (nSPS) is 14.0. The van der Waals surface area contributed by atoms with E-state index < -0.39 is 5.82 Å². The van der Waals surface area contributed by atoms with Gasteiger partial charge in [0.25, 0.3) is 0 Å². The van der Waals surface area contributed by atoms with E-state index in [0.29, 0.717) is 31.4 Å². The first-order chi connectivity index (χ1) is 15.5. The minimum atomic E-state index is -0.516. The lowest BCUT2D eigenvalue weighted by molar-refractivity contribution is 0.0872. The van der Waals surface area contributed by atoms with Crippen LogP contribution in [0.5, 0.6) is 0 Å². The van der Waals surface area contributed by atoms with Crippen molar-refractivity contribution < 1.29 is 13.9 Å². The Bertz CT molecular complexity index is 956. The highest BCUT2D eigenvalue weighted by Crippen LogP contribution is 2.24. The second-order valence-electron chi connectivity index (χ2n) is 7.97. The second kappa shape index (κ2) is 11.3. The zero-order valence-corrected chi connectivity index (χ0v) is 18.6. The van der Waals surface area contributed by atoms with E-state index in [1.54, 1.807) is 17.0 Å². The van der Waals surface area contributed by atoms with Gasteiger partial charge in [0.05, 0.1) is 23.9 Å². The maximum Gasteiger partial charge on any atom is 0.409 e. The van der Waals surface area contributed by atoms with Gasteiger partial charge < -0.3 is 19.9 Å². The zero-order valence-electron chi connectivity index (χ0n) is 18.6. The second-order valence-corrected chi connectivity index (χ2v) is 7.97. The van der Waals surface area contributed by atoms with Gasteiger partial charge in [0, 0.05) is 32.7 Å². The first kappa shape index (κ1) is 23.3. The number of nitrogens with one attached hydrogen (secondary N) is 1. The molecule has 1 amide bonds. The Morgan fingerprint density at radius 3 is 2.81 bits per heavy atom. The molecular weight excluding hydrogens is 411 g/mol. The smallest absolute Gasteiger partial charge is 0.409 e. The number of carbonyl (C=O) groups is 1. The number of hydrogen-bond acceptors (Lipinski definition) is 7. The number of ether oxygens (including phenoxy) is 1.